The van der Waals surface area contributed by atoms with Gasteiger partial charge in [0.05, 0.1) is 5.39 Å². The maximum absolute atomic E-state index is 6.06. The minimum Gasteiger partial charge on any atom is -0.383 e. The summed E-state index contributed by atoms with van der Waals surface area (Å²) in [6.45, 7) is 4.22. The van der Waals surface area contributed by atoms with Crippen molar-refractivity contribution in [3.8, 4) is 11.3 Å². The summed E-state index contributed by atoms with van der Waals surface area (Å²) in [7, 11) is 0. The summed E-state index contributed by atoms with van der Waals surface area (Å²) in [6.07, 6.45) is 5.91. The molecule has 0 unspecified atom stereocenters. The number of anilines is 1. The van der Waals surface area contributed by atoms with Crippen LogP contribution in [0.1, 0.15) is 44.4 Å². The Morgan fingerprint density at radius 1 is 1.33 bits per heavy atom. The Morgan fingerprint density at radius 2 is 2.14 bits per heavy atom. The summed E-state index contributed by atoms with van der Waals surface area (Å²) >= 11 is 0. The number of rotatable bonds is 3. The van der Waals surface area contributed by atoms with Crippen LogP contribution < -0.4 is 5.73 Å². The van der Waals surface area contributed by atoms with E-state index >= 15 is 0 Å². The Kier molecular flexibility index (Phi) is 2.54. The van der Waals surface area contributed by atoms with E-state index in [1.807, 2.05) is 12.3 Å². The van der Waals surface area contributed by atoms with Gasteiger partial charge in [0.25, 0.3) is 0 Å². The van der Waals surface area contributed by atoms with Crippen LogP contribution in [0.5, 0.6) is 0 Å². The quantitative estimate of drug-likeness (QED) is 0.798. The second-order valence-corrected chi connectivity index (χ2v) is 5.89. The topological polar surface area (TPSA) is 82.8 Å². The number of aromatic nitrogens is 4. The highest BCUT2D eigenvalue weighted by atomic mass is 16.5. The zero-order valence-electron chi connectivity index (χ0n) is 12.1. The van der Waals surface area contributed by atoms with Crippen molar-refractivity contribution in [1.82, 2.24) is 19.7 Å². The van der Waals surface area contributed by atoms with Gasteiger partial charge in [-0.1, -0.05) is 5.16 Å². The van der Waals surface area contributed by atoms with Gasteiger partial charge in [0.15, 0.2) is 0 Å². The maximum atomic E-state index is 6.06. The minimum absolute atomic E-state index is 0.283. The summed E-state index contributed by atoms with van der Waals surface area (Å²) in [5, 5.41) is 5.06. The van der Waals surface area contributed by atoms with Gasteiger partial charge in [0.1, 0.15) is 29.2 Å². The van der Waals surface area contributed by atoms with Crippen LogP contribution in [0.3, 0.4) is 0 Å². The molecule has 3 aromatic rings. The van der Waals surface area contributed by atoms with Crippen molar-refractivity contribution in [2.45, 2.75) is 38.6 Å². The standard InChI is InChI=1S/C15H17N5O/c1-8(2)20-6-10(13-14(16)17-7-18-15(13)20)11-5-12(21-19-11)9-3-4-9/h5-9H,3-4H2,1-2H3,(H2,16,17,18). The normalized spacial score (nSPS) is 15.2. The van der Waals surface area contributed by atoms with E-state index in [1.54, 1.807) is 0 Å². The molecule has 4 rings (SSSR count). The summed E-state index contributed by atoms with van der Waals surface area (Å²) in [5.74, 6) is 1.98. The van der Waals surface area contributed by atoms with Crippen molar-refractivity contribution in [3.63, 3.8) is 0 Å². The first kappa shape index (κ1) is 12.4. The molecule has 6 heteroatoms. The molecule has 0 aliphatic heterocycles. The molecule has 0 aromatic carbocycles. The third-order valence-corrected chi connectivity index (χ3v) is 3.98. The lowest BCUT2D eigenvalue weighted by molar-refractivity contribution is 0.386. The lowest BCUT2D eigenvalue weighted by atomic mass is 10.1. The molecule has 108 valence electrons. The van der Waals surface area contributed by atoms with Gasteiger partial charge >= 0.3 is 0 Å². The molecule has 1 saturated carbocycles. The highest BCUT2D eigenvalue weighted by Crippen LogP contribution is 2.42. The van der Waals surface area contributed by atoms with E-state index in [4.69, 9.17) is 10.3 Å². The van der Waals surface area contributed by atoms with E-state index in [-0.39, 0.29) is 6.04 Å². The number of nitrogens with two attached hydrogens (primary N) is 1. The first-order valence-corrected chi connectivity index (χ1v) is 7.23. The Bertz CT molecular complexity index is 813. The lowest BCUT2D eigenvalue weighted by Crippen LogP contribution is -2.00. The van der Waals surface area contributed by atoms with Crippen LogP contribution in [0.25, 0.3) is 22.3 Å². The Balaban J connectivity index is 1.94. The van der Waals surface area contributed by atoms with Gasteiger partial charge in [-0.05, 0) is 26.7 Å². The van der Waals surface area contributed by atoms with Crippen LogP contribution >= 0.6 is 0 Å². The minimum atomic E-state index is 0.283. The van der Waals surface area contributed by atoms with Crippen molar-refractivity contribution in [3.05, 3.63) is 24.4 Å². The molecule has 0 bridgehead atoms. The summed E-state index contributed by atoms with van der Waals surface area (Å²) in [5.41, 5.74) is 8.65. The monoisotopic (exact) mass is 283 g/mol. The molecule has 0 amide bonds. The largest absolute Gasteiger partial charge is 0.383 e. The van der Waals surface area contributed by atoms with Crippen molar-refractivity contribution >= 4 is 16.9 Å². The first-order valence-electron chi connectivity index (χ1n) is 7.23. The molecule has 1 aliphatic carbocycles. The Morgan fingerprint density at radius 3 is 2.86 bits per heavy atom. The fourth-order valence-electron chi connectivity index (χ4n) is 2.67. The van der Waals surface area contributed by atoms with Crippen LogP contribution in [0.2, 0.25) is 0 Å². The smallest absolute Gasteiger partial charge is 0.146 e. The van der Waals surface area contributed by atoms with E-state index in [1.165, 1.54) is 19.2 Å². The fourth-order valence-corrected chi connectivity index (χ4v) is 2.67. The van der Waals surface area contributed by atoms with Crippen LogP contribution in [0.4, 0.5) is 5.82 Å². The van der Waals surface area contributed by atoms with Gasteiger partial charge in [-0.15, -0.1) is 0 Å². The van der Waals surface area contributed by atoms with Crippen LogP contribution in [-0.2, 0) is 0 Å². The van der Waals surface area contributed by atoms with E-state index in [0.717, 1.165) is 28.1 Å². The number of hydrogen-bond donors (Lipinski definition) is 1. The molecule has 0 spiro atoms. The van der Waals surface area contributed by atoms with Crippen LogP contribution in [-0.4, -0.2) is 19.7 Å². The van der Waals surface area contributed by atoms with E-state index in [9.17, 15) is 0 Å². The molecular formula is C15H17N5O. The third kappa shape index (κ3) is 1.90. The molecule has 3 heterocycles. The van der Waals surface area contributed by atoms with Gasteiger partial charge in [-0.25, -0.2) is 9.97 Å². The molecule has 1 fully saturated rings. The molecule has 1 aliphatic rings. The second-order valence-electron chi connectivity index (χ2n) is 5.89. The average Bonchev–Trinajstić information content (AvgIpc) is 3.05. The van der Waals surface area contributed by atoms with Crippen LogP contribution in [0.15, 0.2) is 23.1 Å². The second kappa shape index (κ2) is 4.31. The SMILES string of the molecule is CC(C)n1cc(-c2cc(C3CC3)on2)c2c(N)ncnc21. The first-order chi connectivity index (χ1) is 10.1. The molecule has 21 heavy (non-hydrogen) atoms. The van der Waals surface area contributed by atoms with Crippen molar-refractivity contribution in [2.24, 2.45) is 0 Å². The predicted molar refractivity (Wildman–Crippen MR) is 79.8 cm³/mol. The van der Waals surface area contributed by atoms with E-state index < -0.39 is 0 Å². The highest BCUT2D eigenvalue weighted by molar-refractivity contribution is 5.99. The molecule has 6 nitrogen and oxygen atoms in total. The van der Waals surface area contributed by atoms with E-state index in [0.29, 0.717) is 11.7 Å². The molecule has 0 atom stereocenters. The molecule has 0 saturated heterocycles. The van der Waals surface area contributed by atoms with Crippen molar-refractivity contribution in [1.29, 1.82) is 0 Å². The van der Waals surface area contributed by atoms with Gasteiger partial charge in [0.2, 0.25) is 0 Å². The summed E-state index contributed by atoms with van der Waals surface area (Å²) in [6, 6.07) is 2.30. The summed E-state index contributed by atoms with van der Waals surface area (Å²) < 4.78 is 7.55. The van der Waals surface area contributed by atoms with E-state index in [2.05, 4.69) is 33.5 Å². The predicted octanol–water partition coefficient (Wildman–Crippen LogP) is 3.13. The zero-order chi connectivity index (χ0) is 14.6. The fraction of sp³-hybridized carbons (Fsp3) is 0.400. The number of fused-ring (bicyclic) bond motifs is 1. The van der Waals surface area contributed by atoms with Crippen LogP contribution in [0, 0.1) is 0 Å². The van der Waals surface area contributed by atoms with Gasteiger partial charge in [-0.3, -0.25) is 0 Å². The number of nitrogens with zero attached hydrogens (tertiary/aromatic N) is 4. The van der Waals surface area contributed by atoms with Gasteiger partial charge in [0, 0.05) is 29.8 Å². The molecular weight excluding hydrogens is 266 g/mol. The molecule has 2 N–H and O–H groups in total. The zero-order valence-corrected chi connectivity index (χ0v) is 12.1. The average molecular weight is 283 g/mol. The summed E-state index contributed by atoms with van der Waals surface area (Å²) in [4.78, 5) is 8.49. The number of hydrogen-bond acceptors (Lipinski definition) is 5. The van der Waals surface area contributed by atoms with Crippen molar-refractivity contribution in [2.75, 3.05) is 5.73 Å². The van der Waals surface area contributed by atoms with Crippen molar-refractivity contribution < 1.29 is 4.52 Å². The highest BCUT2D eigenvalue weighted by Gasteiger charge is 2.29. The lowest BCUT2D eigenvalue weighted by Gasteiger charge is -2.07. The Hall–Kier alpha value is -2.37. The maximum Gasteiger partial charge on any atom is 0.146 e. The number of nitrogen functional groups attached to an aromatic ring is 1. The van der Waals surface area contributed by atoms with Gasteiger partial charge in [-0.2, -0.15) is 0 Å². The molecule has 0 radical (unpaired) electrons. The Labute approximate surface area is 122 Å². The third-order valence-electron chi connectivity index (χ3n) is 3.98. The van der Waals surface area contributed by atoms with Gasteiger partial charge < -0.3 is 14.8 Å². The molecule has 3 aromatic heterocycles.